The maximum absolute atomic E-state index is 17.7. The number of rotatable bonds is 8. The molecule has 0 unspecified atom stereocenters. The Morgan fingerprint density at radius 3 is 2.32 bits per heavy atom. The lowest BCUT2D eigenvalue weighted by molar-refractivity contribution is -0.146. The molecular formula is C37H43F4N5O4. The van der Waals surface area contributed by atoms with Gasteiger partial charge in [-0.05, 0) is 67.1 Å². The molecule has 3 aliphatic rings. The lowest BCUT2D eigenvalue weighted by Crippen LogP contribution is -2.50. The van der Waals surface area contributed by atoms with Crippen LogP contribution in [0.4, 0.5) is 29.1 Å². The molecule has 4 atom stereocenters. The molecule has 0 bridgehead atoms. The van der Waals surface area contributed by atoms with Gasteiger partial charge in [0.25, 0.3) is 5.91 Å². The first-order chi connectivity index (χ1) is 23.9. The molecule has 50 heavy (non-hydrogen) atoms. The molecule has 4 heterocycles. The first-order valence-electron chi connectivity index (χ1n) is 17.1. The Balaban J connectivity index is 1.32. The first-order valence-corrected chi connectivity index (χ1v) is 17.1. The maximum atomic E-state index is 17.7. The van der Waals surface area contributed by atoms with Crippen molar-refractivity contribution in [1.82, 2.24) is 14.9 Å². The van der Waals surface area contributed by atoms with Gasteiger partial charge in [-0.3, -0.25) is 9.59 Å². The third-order valence-corrected chi connectivity index (χ3v) is 10.7. The minimum absolute atomic E-state index is 0.105. The number of hydrogen-bond acceptors (Lipinski definition) is 8. The third kappa shape index (κ3) is 6.83. The summed E-state index contributed by atoms with van der Waals surface area (Å²) < 4.78 is 69.9. The quantitative estimate of drug-likeness (QED) is 0.204. The van der Waals surface area contributed by atoms with Crippen LogP contribution in [-0.2, 0) is 20.5 Å². The molecule has 268 valence electrons. The third-order valence-electron chi connectivity index (χ3n) is 10.7. The Kier molecular flexibility index (Phi) is 9.96. The normalized spacial score (nSPS) is 24.5. The van der Waals surface area contributed by atoms with E-state index in [-0.39, 0.29) is 49.9 Å². The summed E-state index contributed by atoms with van der Waals surface area (Å²) in [5, 5.41) is 0. The van der Waals surface area contributed by atoms with E-state index in [1.165, 1.54) is 19.2 Å². The summed E-state index contributed by atoms with van der Waals surface area (Å²) in [5.74, 6) is -0.838. The molecule has 2 aromatic carbocycles. The number of alkyl halides is 4. The standard InChI is InChI=1S/C37H43F4N5O4/c1-5-24-19-45(20-30(24)29-11-8-27(37(39,40)41)18-32(29)44-16-13-26(14-17-44)34(47)50-4)35(48)36(38)22-46(33-12-15-42-23(2)43-33)21-31(36)25-6-9-28(49-3)10-7-25/h6-12,15,18,24,26,30-31H,5,13-14,16-17,19-22H2,1-4H3/t24-,30-,31-,36-/m0/s1. The molecule has 1 aromatic heterocycles. The van der Waals surface area contributed by atoms with Gasteiger partial charge >= 0.3 is 12.1 Å². The summed E-state index contributed by atoms with van der Waals surface area (Å²) in [5.41, 5.74) is -1.28. The number of methoxy groups -OCH3 is 2. The Hall–Kier alpha value is -4.42. The summed E-state index contributed by atoms with van der Waals surface area (Å²) in [6, 6.07) is 12.5. The van der Waals surface area contributed by atoms with E-state index >= 15 is 4.39 Å². The van der Waals surface area contributed by atoms with Gasteiger partial charge in [-0.25, -0.2) is 14.4 Å². The fourth-order valence-electron chi connectivity index (χ4n) is 7.93. The number of halogens is 4. The number of piperidine rings is 1. The number of carbonyl (C=O) groups excluding carboxylic acids is 2. The van der Waals surface area contributed by atoms with Crippen LogP contribution in [0.15, 0.2) is 54.7 Å². The number of hydrogen-bond donors (Lipinski definition) is 0. The zero-order chi connectivity index (χ0) is 35.8. The highest BCUT2D eigenvalue weighted by Gasteiger charge is 2.57. The molecule has 1 amide bonds. The smallest absolute Gasteiger partial charge is 0.416 e. The average molecular weight is 698 g/mol. The highest BCUT2D eigenvalue weighted by atomic mass is 19.4. The largest absolute Gasteiger partial charge is 0.497 e. The van der Waals surface area contributed by atoms with Crippen LogP contribution >= 0.6 is 0 Å². The van der Waals surface area contributed by atoms with E-state index in [1.807, 2.05) is 11.8 Å². The van der Waals surface area contributed by atoms with Crippen molar-refractivity contribution in [3.8, 4) is 5.75 Å². The van der Waals surface area contributed by atoms with Crippen LogP contribution in [0.5, 0.6) is 5.75 Å². The lowest BCUT2D eigenvalue weighted by atomic mass is 9.84. The number of benzene rings is 2. The summed E-state index contributed by atoms with van der Waals surface area (Å²) in [6.45, 7) is 4.95. The van der Waals surface area contributed by atoms with Crippen molar-refractivity contribution >= 4 is 23.4 Å². The van der Waals surface area contributed by atoms with Crippen molar-refractivity contribution in [3.05, 3.63) is 77.2 Å². The molecule has 13 heteroatoms. The van der Waals surface area contributed by atoms with Gasteiger partial charge in [0, 0.05) is 56.4 Å². The molecule has 3 saturated heterocycles. The molecule has 0 spiro atoms. The van der Waals surface area contributed by atoms with Crippen molar-refractivity contribution in [2.45, 2.75) is 56.8 Å². The first kappa shape index (κ1) is 35.4. The van der Waals surface area contributed by atoms with Crippen LogP contribution in [0, 0.1) is 18.8 Å². The van der Waals surface area contributed by atoms with Crippen molar-refractivity contribution in [2.24, 2.45) is 11.8 Å². The van der Waals surface area contributed by atoms with Gasteiger partial charge in [-0.15, -0.1) is 0 Å². The van der Waals surface area contributed by atoms with E-state index in [9.17, 15) is 22.8 Å². The van der Waals surface area contributed by atoms with Gasteiger partial charge in [0.1, 0.15) is 17.4 Å². The topological polar surface area (TPSA) is 88.1 Å². The second-order valence-corrected chi connectivity index (χ2v) is 13.6. The molecule has 9 nitrogen and oxygen atoms in total. The van der Waals surface area contributed by atoms with Gasteiger partial charge in [-0.2, -0.15) is 13.2 Å². The Morgan fingerprint density at radius 1 is 0.980 bits per heavy atom. The lowest BCUT2D eigenvalue weighted by Gasteiger charge is -2.35. The van der Waals surface area contributed by atoms with Gasteiger partial charge in [0.05, 0.1) is 32.2 Å². The summed E-state index contributed by atoms with van der Waals surface area (Å²) >= 11 is 0. The van der Waals surface area contributed by atoms with E-state index in [0.29, 0.717) is 66.6 Å². The number of carbonyl (C=O) groups is 2. The Bertz CT molecular complexity index is 1700. The number of aryl methyl sites for hydroxylation is 1. The van der Waals surface area contributed by atoms with Crippen LogP contribution < -0.4 is 14.5 Å². The van der Waals surface area contributed by atoms with E-state index in [0.717, 1.165) is 6.07 Å². The maximum Gasteiger partial charge on any atom is 0.416 e. The molecule has 0 N–H and O–H groups in total. The SMILES string of the molecule is CC[C@H]1CN(C(=O)[C@]2(F)CN(c3ccnc(C)n3)C[C@H]2c2ccc(OC)cc2)C[C@@H]1c1ccc(C(F)(F)F)cc1N1CCC(C(=O)OC)CC1. The van der Waals surface area contributed by atoms with E-state index in [4.69, 9.17) is 9.47 Å². The minimum atomic E-state index is -4.55. The summed E-state index contributed by atoms with van der Waals surface area (Å²) in [4.78, 5) is 40.6. The fraction of sp³-hybridized carbons (Fsp3) is 0.514. The molecule has 6 rings (SSSR count). The van der Waals surface area contributed by atoms with E-state index < -0.39 is 29.2 Å². The molecule has 0 saturated carbocycles. The molecular weight excluding hydrogens is 654 g/mol. The predicted molar refractivity (Wildman–Crippen MR) is 180 cm³/mol. The zero-order valence-electron chi connectivity index (χ0n) is 28.8. The molecule has 3 aliphatic heterocycles. The highest BCUT2D eigenvalue weighted by Crippen LogP contribution is 2.47. The number of anilines is 2. The number of aromatic nitrogens is 2. The number of nitrogens with zero attached hydrogens (tertiary/aromatic N) is 5. The van der Waals surface area contributed by atoms with Crippen LogP contribution in [-0.4, -0.2) is 85.9 Å². The van der Waals surface area contributed by atoms with Crippen molar-refractivity contribution in [3.63, 3.8) is 0 Å². The van der Waals surface area contributed by atoms with Crippen LogP contribution in [0.25, 0.3) is 0 Å². The molecule has 3 fully saturated rings. The zero-order valence-corrected chi connectivity index (χ0v) is 28.8. The van der Waals surface area contributed by atoms with Gasteiger partial charge in [0.15, 0.2) is 0 Å². The monoisotopic (exact) mass is 697 g/mol. The van der Waals surface area contributed by atoms with Crippen LogP contribution in [0.3, 0.4) is 0 Å². The van der Waals surface area contributed by atoms with E-state index in [1.54, 1.807) is 60.4 Å². The van der Waals surface area contributed by atoms with Crippen molar-refractivity contribution in [2.75, 3.05) is 63.3 Å². The second kappa shape index (κ2) is 14.1. The highest BCUT2D eigenvalue weighted by molar-refractivity contribution is 5.89. The number of ether oxygens (including phenoxy) is 2. The van der Waals surface area contributed by atoms with Crippen molar-refractivity contribution in [1.29, 1.82) is 0 Å². The van der Waals surface area contributed by atoms with Crippen LogP contribution in [0.1, 0.15) is 60.5 Å². The van der Waals surface area contributed by atoms with Gasteiger partial charge in [0.2, 0.25) is 5.67 Å². The van der Waals surface area contributed by atoms with Gasteiger partial charge in [-0.1, -0.05) is 31.5 Å². The summed E-state index contributed by atoms with van der Waals surface area (Å²) in [6.07, 6.45) is -1.39. The average Bonchev–Trinajstić information content (AvgIpc) is 3.72. The van der Waals surface area contributed by atoms with Gasteiger partial charge < -0.3 is 24.2 Å². The van der Waals surface area contributed by atoms with Crippen molar-refractivity contribution < 1.29 is 36.6 Å². The number of esters is 1. The number of amides is 1. The Labute approximate surface area is 289 Å². The second-order valence-electron chi connectivity index (χ2n) is 13.6. The molecule has 3 aromatic rings. The summed E-state index contributed by atoms with van der Waals surface area (Å²) in [7, 11) is 2.88. The van der Waals surface area contributed by atoms with Crippen LogP contribution in [0.2, 0.25) is 0 Å². The Morgan fingerprint density at radius 2 is 1.70 bits per heavy atom. The minimum Gasteiger partial charge on any atom is -0.497 e. The molecule has 0 aliphatic carbocycles. The predicted octanol–water partition coefficient (Wildman–Crippen LogP) is 6.17. The number of likely N-dealkylation sites (tertiary alicyclic amines) is 1. The van der Waals surface area contributed by atoms with E-state index in [2.05, 4.69) is 9.97 Å². The molecule has 0 radical (unpaired) electrons. The fourth-order valence-corrected chi connectivity index (χ4v) is 7.93.